The Kier molecular flexibility index (Phi) is 3.89. The van der Waals surface area contributed by atoms with Crippen molar-refractivity contribution in [3.05, 3.63) is 52.5 Å². The number of hydrogen-bond donors (Lipinski definition) is 2. The first-order chi connectivity index (χ1) is 8.92. The highest BCUT2D eigenvalue weighted by Gasteiger charge is 2.22. The maximum Gasteiger partial charge on any atom is 0.264 e. The molecule has 0 bridgehead atoms. The highest BCUT2D eigenvalue weighted by atomic mass is 35.5. The number of phenols is 1. The predicted molar refractivity (Wildman–Crippen MR) is 75.4 cm³/mol. The number of hydrogen-bond acceptors (Lipinski definition) is 3. The standard InChI is InChI=1S/C12H9Cl2NO3S/c13-8-4-3-5-9(14)12(8)19(17,18)15-10-6-1-2-7-11(10)16/h1-7,15-16H. The van der Waals surface area contributed by atoms with Crippen LogP contribution in [-0.2, 0) is 10.0 Å². The highest BCUT2D eigenvalue weighted by Crippen LogP contribution is 2.32. The number of anilines is 1. The van der Waals surface area contributed by atoms with Crippen LogP contribution >= 0.6 is 23.2 Å². The molecule has 0 aromatic heterocycles. The molecule has 0 saturated heterocycles. The Labute approximate surface area is 120 Å². The Morgan fingerprint density at radius 2 is 1.53 bits per heavy atom. The van der Waals surface area contributed by atoms with Gasteiger partial charge in [0, 0.05) is 0 Å². The second-order valence-corrected chi connectivity index (χ2v) is 6.11. The van der Waals surface area contributed by atoms with Crippen molar-refractivity contribution in [2.45, 2.75) is 4.90 Å². The van der Waals surface area contributed by atoms with Crippen LogP contribution < -0.4 is 4.72 Å². The summed E-state index contributed by atoms with van der Waals surface area (Å²) in [5.41, 5.74) is 0.0542. The third-order valence-corrected chi connectivity index (χ3v) is 4.66. The number of rotatable bonds is 3. The van der Waals surface area contributed by atoms with E-state index in [1.54, 1.807) is 18.2 Å². The lowest BCUT2D eigenvalue weighted by molar-refractivity contribution is 0.477. The van der Waals surface area contributed by atoms with E-state index < -0.39 is 10.0 Å². The molecule has 2 aromatic rings. The maximum absolute atomic E-state index is 12.2. The van der Waals surface area contributed by atoms with Crippen LogP contribution in [0.4, 0.5) is 5.69 Å². The molecule has 100 valence electrons. The summed E-state index contributed by atoms with van der Waals surface area (Å²) in [6.07, 6.45) is 0. The molecule has 0 spiro atoms. The zero-order valence-electron chi connectivity index (χ0n) is 9.47. The van der Waals surface area contributed by atoms with E-state index in [0.29, 0.717) is 0 Å². The first kappa shape index (κ1) is 14.0. The second-order valence-electron chi connectivity index (χ2n) is 3.67. The fraction of sp³-hybridized carbons (Fsp3) is 0. The van der Waals surface area contributed by atoms with E-state index in [1.807, 2.05) is 0 Å². The van der Waals surface area contributed by atoms with Crippen LogP contribution in [0.1, 0.15) is 0 Å². The zero-order valence-corrected chi connectivity index (χ0v) is 11.8. The quantitative estimate of drug-likeness (QED) is 0.851. The molecule has 0 atom stereocenters. The molecule has 0 heterocycles. The molecular formula is C12H9Cl2NO3S. The van der Waals surface area contributed by atoms with E-state index in [4.69, 9.17) is 23.2 Å². The number of benzene rings is 2. The van der Waals surface area contributed by atoms with Crippen molar-refractivity contribution in [1.29, 1.82) is 0 Å². The Balaban J connectivity index is 2.47. The lowest BCUT2D eigenvalue weighted by atomic mass is 10.3. The third-order valence-electron chi connectivity index (χ3n) is 2.34. The number of sulfonamides is 1. The SMILES string of the molecule is O=S(=O)(Nc1ccccc1O)c1c(Cl)cccc1Cl. The van der Waals surface area contributed by atoms with E-state index in [-0.39, 0.29) is 26.4 Å². The minimum absolute atomic E-state index is 0.00965. The van der Waals surface area contributed by atoms with Gasteiger partial charge in [0.1, 0.15) is 10.6 Å². The molecule has 19 heavy (non-hydrogen) atoms. The number of nitrogens with one attached hydrogen (secondary N) is 1. The lowest BCUT2D eigenvalue weighted by Gasteiger charge is -2.11. The fourth-order valence-corrected chi connectivity index (χ4v) is 3.72. The molecule has 0 aliphatic rings. The van der Waals surface area contributed by atoms with Crippen molar-refractivity contribution >= 4 is 38.9 Å². The average molecular weight is 318 g/mol. The molecule has 0 amide bonds. The second kappa shape index (κ2) is 5.28. The molecule has 4 nitrogen and oxygen atoms in total. The summed E-state index contributed by atoms with van der Waals surface area (Å²) in [6.45, 7) is 0. The highest BCUT2D eigenvalue weighted by molar-refractivity contribution is 7.93. The van der Waals surface area contributed by atoms with Crippen LogP contribution in [0.25, 0.3) is 0 Å². The average Bonchev–Trinajstić information content (AvgIpc) is 2.31. The largest absolute Gasteiger partial charge is 0.506 e. The number of halogens is 2. The first-order valence-corrected chi connectivity index (χ1v) is 7.40. The van der Waals surface area contributed by atoms with Gasteiger partial charge in [-0.1, -0.05) is 41.4 Å². The van der Waals surface area contributed by atoms with Crippen LogP contribution in [0, 0.1) is 0 Å². The molecule has 0 unspecified atom stereocenters. The molecule has 2 aromatic carbocycles. The van der Waals surface area contributed by atoms with Crippen molar-refractivity contribution in [3.63, 3.8) is 0 Å². The summed E-state index contributed by atoms with van der Waals surface area (Å²) in [7, 11) is -3.97. The summed E-state index contributed by atoms with van der Waals surface area (Å²) in [6, 6.07) is 10.4. The molecule has 0 aliphatic carbocycles. The van der Waals surface area contributed by atoms with Gasteiger partial charge in [0.25, 0.3) is 10.0 Å². The summed E-state index contributed by atoms with van der Waals surface area (Å²) in [5, 5.41) is 9.59. The van der Waals surface area contributed by atoms with Gasteiger partial charge < -0.3 is 5.11 Å². The van der Waals surface area contributed by atoms with Crippen molar-refractivity contribution in [2.24, 2.45) is 0 Å². The summed E-state index contributed by atoms with van der Waals surface area (Å²) < 4.78 is 26.6. The molecule has 0 radical (unpaired) electrons. The fourth-order valence-electron chi connectivity index (χ4n) is 1.49. The van der Waals surface area contributed by atoms with E-state index in [1.165, 1.54) is 24.3 Å². The Hall–Kier alpha value is -1.43. The van der Waals surface area contributed by atoms with Gasteiger partial charge in [-0.05, 0) is 24.3 Å². The lowest BCUT2D eigenvalue weighted by Crippen LogP contribution is -2.14. The zero-order chi connectivity index (χ0) is 14.0. The first-order valence-electron chi connectivity index (χ1n) is 5.16. The van der Waals surface area contributed by atoms with Crippen LogP contribution in [-0.4, -0.2) is 13.5 Å². The van der Waals surface area contributed by atoms with Crippen LogP contribution in [0.3, 0.4) is 0 Å². The van der Waals surface area contributed by atoms with Crippen molar-refractivity contribution in [3.8, 4) is 5.75 Å². The van der Waals surface area contributed by atoms with E-state index in [0.717, 1.165) is 0 Å². The molecule has 0 aliphatic heterocycles. The molecule has 7 heteroatoms. The smallest absolute Gasteiger partial charge is 0.264 e. The Bertz CT molecular complexity index is 696. The molecule has 0 saturated carbocycles. The Morgan fingerprint density at radius 3 is 2.11 bits per heavy atom. The minimum atomic E-state index is -3.97. The summed E-state index contributed by atoms with van der Waals surface area (Å²) in [4.78, 5) is -0.221. The predicted octanol–water partition coefficient (Wildman–Crippen LogP) is 3.50. The van der Waals surface area contributed by atoms with Gasteiger partial charge in [-0.25, -0.2) is 8.42 Å². The van der Waals surface area contributed by atoms with Gasteiger partial charge in [0.2, 0.25) is 0 Å². The number of para-hydroxylation sites is 2. The number of phenolic OH excluding ortho intramolecular Hbond substituents is 1. The van der Waals surface area contributed by atoms with Crippen molar-refractivity contribution < 1.29 is 13.5 Å². The normalized spacial score (nSPS) is 11.3. The van der Waals surface area contributed by atoms with Crippen molar-refractivity contribution in [1.82, 2.24) is 0 Å². The van der Waals surface area contributed by atoms with Crippen molar-refractivity contribution in [2.75, 3.05) is 4.72 Å². The topological polar surface area (TPSA) is 66.4 Å². The monoisotopic (exact) mass is 317 g/mol. The molecule has 2 rings (SSSR count). The van der Waals surface area contributed by atoms with E-state index in [2.05, 4.69) is 4.72 Å². The van der Waals surface area contributed by atoms with Gasteiger partial charge in [0.05, 0.1) is 15.7 Å². The molecule has 0 fully saturated rings. The minimum Gasteiger partial charge on any atom is -0.506 e. The Morgan fingerprint density at radius 1 is 0.947 bits per heavy atom. The van der Waals surface area contributed by atoms with E-state index >= 15 is 0 Å². The summed E-state index contributed by atoms with van der Waals surface area (Å²) in [5.74, 6) is -0.186. The summed E-state index contributed by atoms with van der Waals surface area (Å²) >= 11 is 11.7. The number of aromatic hydroxyl groups is 1. The third kappa shape index (κ3) is 2.94. The molecule has 2 N–H and O–H groups in total. The van der Waals surface area contributed by atoms with Gasteiger partial charge >= 0.3 is 0 Å². The van der Waals surface area contributed by atoms with Gasteiger partial charge in [-0.2, -0.15) is 0 Å². The van der Waals surface area contributed by atoms with Gasteiger partial charge in [-0.15, -0.1) is 0 Å². The van der Waals surface area contributed by atoms with Crippen LogP contribution in [0.15, 0.2) is 47.4 Å². The maximum atomic E-state index is 12.2. The van der Waals surface area contributed by atoms with Gasteiger partial charge in [0.15, 0.2) is 0 Å². The van der Waals surface area contributed by atoms with Gasteiger partial charge in [-0.3, -0.25) is 4.72 Å². The van der Waals surface area contributed by atoms with Crippen LogP contribution in [0.5, 0.6) is 5.75 Å². The molecular weight excluding hydrogens is 309 g/mol. The van der Waals surface area contributed by atoms with E-state index in [9.17, 15) is 13.5 Å². The van der Waals surface area contributed by atoms with Crippen LogP contribution in [0.2, 0.25) is 10.0 Å².